The number of benzene rings is 2. The van der Waals surface area contributed by atoms with Crippen molar-refractivity contribution in [1.29, 1.82) is 5.26 Å². The lowest BCUT2D eigenvalue weighted by atomic mass is 9.87. The predicted molar refractivity (Wildman–Crippen MR) is 125 cm³/mol. The van der Waals surface area contributed by atoms with Crippen LogP contribution in [0.2, 0.25) is 0 Å². The molecule has 0 spiro atoms. The maximum Gasteiger partial charge on any atom is 0.266 e. The van der Waals surface area contributed by atoms with Crippen molar-refractivity contribution in [3.05, 3.63) is 70.3 Å². The largest absolute Gasteiger partial charge is 0.365 e. The molecule has 154 valence electrons. The number of allylic oxidation sites excluding steroid dienone is 1. The summed E-state index contributed by atoms with van der Waals surface area (Å²) >= 11 is 0. The van der Waals surface area contributed by atoms with E-state index in [0.717, 1.165) is 28.8 Å². The number of nitriles is 1. The third kappa shape index (κ3) is 4.16. The molecule has 0 fully saturated rings. The Kier molecular flexibility index (Phi) is 5.85. The van der Waals surface area contributed by atoms with E-state index in [1.165, 1.54) is 11.1 Å². The molecule has 1 aliphatic rings. The molecular formula is C26H29N3O. The van der Waals surface area contributed by atoms with Crippen LogP contribution in [0.25, 0.3) is 11.6 Å². The van der Waals surface area contributed by atoms with Crippen LogP contribution in [0.5, 0.6) is 0 Å². The highest BCUT2D eigenvalue weighted by atomic mass is 16.1. The van der Waals surface area contributed by atoms with Crippen molar-refractivity contribution < 1.29 is 4.79 Å². The number of hydrogen-bond donors (Lipinski definition) is 1. The smallest absolute Gasteiger partial charge is 0.266 e. The van der Waals surface area contributed by atoms with Gasteiger partial charge in [-0.25, -0.2) is 0 Å². The normalized spacial score (nSPS) is 15.2. The molecule has 3 rings (SSSR count). The van der Waals surface area contributed by atoms with Gasteiger partial charge in [0.05, 0.1) is 5.54 Å². The number of hydrogen-bond acceptors (Lipinski definition) is 3. The van der Waals surface area contributed by atoms with Crippen molar-refractivity contribution >= 4 is 28.9 Å². The maximum absolute atomic E-state index is 12.7. The summed E-state index contributed by atoms with van der Waals surface area (Å²) in [6.07, 6.45) is 4.86. The van der Waals surface area contributed by atoms with Crippen molar-refractivity contribution in [3.63, 3.8) is 0 Å². The monoisotopic (exact) mass is 399 g/mol. The van der Waals surface area contributed by atoms with Crippen molar-refractivity contribution in [1.82, 2.24) is 0 Å². The zero-order chi connectivity index (χ0) is 22.1. The van der Waals surface area contributed by atoms with Crippen LogP contribution in [-0.2, 0) is 11.2 Å². The molecule has 2 aromatic carbocycles. The van der Waals surface area contributed by atoms with Crippen LogP contribution in [-0.4, -0.2) is 18.5 Å². The number of amides is 1. The third-order valence-corrected chi connectivity index (χ3v) is 5.89. The van der Waals surface area contributed by atoms with Gasteiger partial charge in [0.1, 0.15) is 11.6 Å². The number of nitrogens with zero attached hydrogens (tertiary/aromatic N) is 2. The van der Waals surface area contributed by atoms with E-state index in [1.807, 2.05) is 31.2 Å². The first kappa shape index (κ1) is 21.4. The molecule has 0 bridgehead atoms. The minimum absolute atomic E-state index is 0.0636. The summed E-state index contributed by atoms with van der Waals surface area (Å²) in [7, 11) is 2.09. The van der Waals surface area contributed by atoms with E-state index in [1.54, 1.807) is 6.08 Å². The number of carbonyl (C=O) groups excluding carboxylic acids is 1. The van der Waals surface area contributed by atoms with E-state index in [2.05, 4.69) is 69.2 Å². The summed E-state index contributed by atoms with van der Waals surface area (Å²) in [6, 6.07) is 13.9. The van der Waals surface area contributed by atoms with Gasteiger partial charge < -0.3 is 10.2 Å². The van der Waals surface area contributed by atoms with Crippen LogP contribution < -0.4 is 10.2 Å². The Morgan fingerprint density at radius 3 is 2.47 bits per heavy atom. The van der Waals surface area contributed by atoms with Gasteiger partial charge in [0.25, 0.3) is 5.91 Å². The van der Waals surface area contributed by atoms with Gasteiger partial charge in [-0.1, -0.05) is 25.1 Å². The Balaban J connectivity index is 1.93. The number of anilines is 2. The van der Waals surface area contributed by atoms with Gasteiger partial charge in [-0.15, -0.1) is 0 Å². The van der Waals surface area contributed by atoms with Crippen molar-refractivity contribution in [3.8, 4) is 6.07 Å². The van der Waals surface area contributed by atoms with Crippen LogP contribution >= 0.6 is 0 Å². The molecule has 4 nitrogen and oxygen atoms in total. The van der Waals surface area contributed by atoms with Gasteiger partial charge in [0.2, 0.25) is 0 Å². The van der Waals surface area contributed by atoms with Gasteiger partial charge in [-0.2, -0.15) is 5.26 Å². The highest BCUT2D eigenvalue weighted by Gasteiger charge is 2.28. The molecule has 1 aliphatic heterocycles. The van der Waals surface area contributed by atoms with Gasteiger partial charge in [-0.3, -0.25) is 4.79 Å². The van der Waals surface area contributed by atoms with Crippen molar-refractivity contribution in [2.45, 2.75) is 46.6 Å². The number of rotatable bonds is 4. The molecule has 1 heterocycles. The first-order chi connectivity index (χ1) is 14.2. The van der Waals surface area contributed by atoms with Crippen LogP contribution in [0.4, 0.5) is 11.4 Å². The highest BCUT2D eigenvalue weighted by Crippen LogP contribution is 2.39. The molecule has 0 unspecified atom stereocenters. The molecular weight excluding hydrogens is 370 g/mol. The summed E-state index contributed by atoms with van der Waals surface area (Å²) in [5, 5.41) is 12.4. The fourth-order valence-corrected chi connectivity index (χ4v) is 3.80. The van der Waals surface area contributed by atoms with E-state index >= 15 is 0 Å². The van der Waals surface area contributed by atoms with Crippen molar-refractivity contribution in [2.24, 2.45) is 0 Å². The molecule has 1 N–H and O–H groups in total. The molecule has 2 aromatic rings. The molecule has 0 aromatic heterocycles. The third-order valence-electron chi connectivity index (χ3n) is 5.89. The van der Waals surface area contributed by atoms with Crippen LogP contribution in [0, 0.1) is 18.3 Å². The fourth-order valence-electron chi connectivity index (χ4n) is 3.80. The zero-order valence-electron chi connectivity index (χ0n) is 18.6. The molecule has 0 saturated carbocycles. The van der Waals surface area contributed by atoms with E-state index in [-0.39, 0.29) is 11.1 Å². The Morgan fingerprint density at radius 1 is 1.20 bits per heavy atom. The highest BCUT2D eigenvalue weighted by molar-refractivity contribution is 6.09. The maximum atomic E-state index is 12.7. The van der Waals surface area contributed by atoms with Gasteiger partial charge >= 0.3 is 0 Å². The number of aryl methyl sites for hydroxylation is 2. The summed E-state index contributed by atoms with van der Waals surface area (Å²) in [4.78, 5) is 14.9. The topological polar surface area (TPSA) is 56.1 Å². The first-order valence-electron chi connectivity index (χ1n) is 10.3. The Labute approximate surface area is 179 Å². The number of nitrogens with one attached hydrogen (secondary N) is 1. The van der Waals surface area contributed by atoms with Crippen molar-refractivity contribution in [2.75, 3.05) is 17.3 Å². The van der Waals surface area contributed by atoms with E-state index in [4.69, 9.17) is 0 Å². The predicted octanol–water partition coefficient (Wildman–Crippen LogP) is 5.73. The lowest BCUT2D eigenvalue weighted by Gasteiger charge is -2.41. The molecule has 0 atom stereocenters. The molecule has 0 aliphatic carbocycles. The first-order valence-corrected chi connectivity index (χ1v) is 10.3. The summed E-state index contributed by atoms with van der Waals surface area (Å²) in [5.41, 5.74) is 7.29. The van der Waals surface area contributed by atoms with E-state index in [0.29, 0.717) is 5.69 Å². The molecule has 30 heavy (non-hydrogen) atoms. The van der Waals surface area contributed by atoms with E-state index < -0.39 is 5.91 Å². The van der Waals surface area contributed by atoms with Gasteiger partial charge in [-0.05, 0) is 86.7 Å². The Morgan fingerprint density at radius 2 is 1.87 bits per heavy atom. The second-order valence-corrected chi connectivity index (χ2v) is 8.44. The number of likely N-dealkylation sites (N-methyl/N-ethyl adjacent to an activating group) is 1. The van der Waals surface area contributed by atoms with E-state index in [9.17, 15) is 10.1 Å². The average Bonchev–Trinajstić information content (AvgIpc) is 2.71. The second-order valence-electron chi connectivity index (χ2n) is 8.44. The average molecular weight is 400 g/mol. The quantitative estimate of drug-likeness (QED) is 0.527. The molecule has 4 heteroatoms. The van der Waals surface area contributed by atoms with Crippen LogP contribution in [0.1, 0.15) is 49.9 Å². The summed E-state index contributed by atoms with van der Waals surface area (Å²) < 4.78 is 0. The second kappa shape index (κ2) is 8.20. The Hall–Kier alpha value is -3.32. The standard InChI is InChI=1S/C26H29N3O/c1-7-19-8-10-22(11-9-19)28-25(30)21(16-27)13-20-14-23-18(3)15-26(4,5)29(6)24(23)12-17(20)2/h8-15H,7H2,1-6H3,(H,28,30)/b21-13+. The van der Waals surface area contributed by atoms with Crippen LogP contribution in [0.15, 0.2) is 48.0 Å². The summed E-state index contributed by atoms with van der Waals surface area (Å²) in [5.74, 6) is -0.399. The number of fused-ring (bicyclic) bond motifs is 1. The molecule has 1 amide bonds. The zero-order valence-corrected chi connectivity index (χ0v) is 18.6. The van der Waals surface area contributed by atoms with Gasteiger partial charge in [0, 0.05) is 24.0 Å². The Bertz CT molecular complexity index is 1080. The lowest BCUT2D eigenvalue weighted by Crippen LogP contribution is -2.42. The lowest BCUT2D eigenvalue weighted by molar-refractivity contribution is -0.112. The van der Waals surface area contributed by atoms with Crippen LogP contribution in [0.3, 0.4) is 0 Å². The number of carbonyl (C=O) groups is 1. The van der Waals surface area contributed by atoms with Gasteiger partial charge in [0.15, 0.2) is 0 Å². The summed E-state index contributed by atoms with van der Waals surface area (Å²) in [6.45, 7) is 10.6. The molecule has 0 saturated heterocycles. The fraction of sp³-hybridized carbons (Fsp3) is 0.308. The minimum atomic E-state index is -0.399. The minimum Gasteiger partial charge on any atom is -0.365 e. The molecule has 0 radical (unpaired) electrons. The SMILES string of the molecule is CCc1ccc(NC(=O)/C(C#N)=C/c2cc3c(cc2C)N(C)C(C)(C)C=C3C)cc1.